The Morgan fingerprint density at radius 1 is 1.03 bits per heavy atom. The molecule has 2 heterocycles. The number of hydrogen-bond donors (Lipinski definition) is 2. The van der Waals surface area contributed by atoms with Gasteiger partial charge >= 0.3 is 0 Å². The summed E-state index contributed by atoms with van der Waals surface area (Å²) >= 11 is 0. The van der Waals surface area contributed by atoms with Crippen molar-refractivity contribution >= 4 is 22.7 Å². The van der Waals surface area contributed by atoms with Crippen LogP contribution in [0.4, 0.5) is 0 Å². The molecule has 0 saturated carbocycles. The average Bonchev–Trinajstić information content (AvgIpc) is 3.29. The zero-order valence-corrected chi connectivity index (χ0v) is 17.4. The van der Waals surface area contributed by atoms with Crippen molar-refractivity contribution < 1.29 is 18.8 Å². The number of amides is 2. The lowest BCUT2D eigenvalue weighted by atomic mass is 10.2. The van der Waals surface area contributed by atoms with E-state index < -0.39 is 5.91 Å². The van der Waals surface area contributed by atoms with Gasteiger partial charge in [-0.1, -0.05) is 23.4 Å². The van der Waals surface area contributed by atoms with E-state index in [4.69, 9.17) is 9.26 Å². The first-order chi connectivity index (χ1) is 14.9. The first-order valence-corrected chi connectivity index (χ1v) is 9.73. The smallest absolute Gasteiger partial charge is 0.271 e. The molecule has 0 atom stereocenters. The predicted molar refractivity (Wildman–Crippen MR) is 115 cm³/mol. The summed E-state index contributed by atoms with van der Waals surface area (Å²) in [6.45, 7) is 4.02. The minimum atomic E-state index is -0.425. The van der Waals surface area contributed by atoms with Crippen LogP contribution in [0.1, 0.15) is 37.7 Å². The molecule has 158 valence electrons. The zero-order valence-electron chi connectivity index (χ0n) is 17.4. The minimum absolute atomic E-state index is 0.327. The van der Waals surface area contributed by atoms with E-state index in [-0.39, 0.29) is 5.91 Å². The van der Waals surface area contributed by atoms with Crippen molar-refractivity contribution in [2.75, 3.05) is 0 Å². The standard InChI is InChI=1S/C23H22N4O4/c1-14-20(15(2)31-26-14)13-30-17-10-8-16(9-11-17)22(28)24-25-23(29)19-12-27(3)21-7-5-4-6-18(19)21/h4-12H,13H2,1-3H3,(H,24,28)(H,25,29). The van der Waals surface area contributed by atoms with Gasteiger partial charge in [-0.2, -0.15) is 0 Å². The van der Waals surface area contributed by atoms with Crippen LogP contribution < -0.4 is 15.6 Å². The fraction of sp³-hybridized carbons (Fsp3) is 0.174. The third kappa shape index (κ3) is 4.13. The molecule has 2 N–H and O–H groups in total. The minimum Gasteiger partial charge on any atom is -0.489 e. The Morgan fingerprint density at radius 2 is 1.74 bits per heavy atom. The quantitative estimate of drug-likeness (QED) is 0.484. The monoisotopic (exact) mass is 418 g/mol. The van der Waals surface area contributed by atoms with Crippen molar-refractivity contribution in [3.63, 3.8) is 0 Å². The fourth-order valence-electron chi connectivity index (χ4n) is 3.34. The topological polar surface area (TPSA) is 98.4 Å². The molecule has 2 aromatic heterocycles. The molecule has 0 radical (unpaired) electrons. The van der Waals surface area contributed by atoms with Crippen LogP contribution in [0, 0.1) is 13.8 Å². The fourth-order valence-corrected chi connectivity index (χ4v) is 3.34. The lowest BCUT2D eigenvalue weighted by molar-refractivity contribution is 0.0847. The third-order valence-electron chi connectivity index (χ3n) is 5.11. The van der Waals surface area contributed by atoms with Gasteiger partial charge in [0.25, 0.3) is 11.8 Å². The van der Waals surface area contributed by atoms with Crippen molar-refractivity contribution in [3.05, 3.63) is 82.9 Å². The Morgan fingerprint density at radius 3 is 2.45 bits per heavy atom. The van der Waals surface area contributed by atoms with Crippen LogP contribution in [-0.4, -0.2) is 21.5 Å². The number of aromatic nitrogens is 2. The second-order valence-corrected chi connectivity index (χ2v) is 7.19. The molecule has 0 unspecified atom stereocenters. The number of aryl methyl sites for hydroxylation is 3. The molecule has 0 spiro atoms. The van der Waals surface area contributed by atoms with Crippen LogP contribution in [0.2, 0.25) is 0 Å². The van der Waals surface area contributed by atoms with E-state index in [9.17, 15) is 9.59 Å². The van der Waals surface area contributed by atoms with Gasteiger partial charge in [-0.3, -0.25) is 20.4 Å². The molecule has 8 nitrogen and oxygen atoms in total. The van der Waals surface area contributed by atoms with Crippen molar-refractivity contribution in [3.8, 4) is 5.75 Å². The summed E-state index contributed by atoms with van der Waals surface area (Å²) in [5, 5.41) is 4.71. The van der Waals surface area contributed by atoms with Gasteiger partial charge < -0.3 is 13.8 Å². The normalized spacial score (nSPS) is 10.8. The van der Waals surface area contributed by atoms with Gasteiger partial charge in [0, 0.05) is 29.7 Å². The van der Waals surface area contributed by atoms with Gasteiger partial charge in [-0.15, -0.1) is 0 Å². The van der Waals surface area contributed by atoms with Gasteiger partial charge in [0.1, 0.15) is 18.1 Å². The Hall–Kier alpha value is -4.07. The molecule has 31 heavy (non-hydrogen) atoms. The summed E-state index contributed by atoms with van der Waals surface area (Å²) in [7, 11) is 1.87. The molecular weight excluding hydrogens is 396 g/mol. The third-order valence-corrected chi connectivity index (χ3v) is 5.11. The van der Waals surface area contributed by atoms with Crippen molar-refractivity contribution in [1.29, 1.82) is 0 Å². The van der Waals surface area contributed by atoms with Gasteiger partial charge in [0.15, 0.2) is 0 Å². The van der Waals surface area contributed by atoms with E-state index in [1.165, 1.54) is 0 Å². The molecule has 2 aromatic carbocycles. The van der Waals surface area contributed by atoms with Gasteiger partial charge in [0.05, 0.1) is 16.8 Å². The molecule has 0 saturated heterocycles. The van der Waals surface area contributed by atoms with Crippen molar-refractivity contribution in [1.82, 2.24) is 20.6 Å². The van der Waals surface area contributed by atoms with E-state index in [1.54, 1.807) is 30.5 Å². The summed E-state index contributed by atoms with van der Waals surface area (Å²) in [5.41, 5.74) is 8.43. The number of carbonyl (C=O) groups is 2. The highest BCUT2D eigenvalue weighted by Crippen LogP contribution is 2.20. The van der Waals surface area contributed by atoms with Crippen LogP contribution in [-0.2, 0) is 13.7 Å². The number of nitrogens with one attached hydrogen (secondary N) is 2. The molecule has 0 aliphatic heterocycles. The van der Waals surface area contributed by atoms with Crippen molar-refractivity contribution in [2.24, 2.45) is 7.05 Å². The Bertz CT molecular complexity index is 1240. The van der Waals surface area contributed by atoms with E-state index in [2.05, 4.69) is 16.0 Å². The van der Waals surface area contributed by atoms with Crippen LogP contribution >= 0.6 is 0 Å². The van der Waals surface area contributed by atoms with E-state index in [0.717, 1.165) is 27.9 Å². The maximum absolute atomic E-state index is 12.5. The molecule has 4 rings (SSSR count). The van der Waals surface area contributed by atoms with E-state index in [1.807, 2.05) is 49.7 Å². The summed E-state index contributed by atoms with van der Waals surface area (Å²) < 4.78 is 12.7. The molecule has 0 aliphatic carbocycles. The average molecular weight is 418 g/mol. The largest absolute Gasteiger partial charge is 0.489 e. The molecule has 0 bridgehead atoms. The number of para-hydroxylation sites is 1. The van der Waals surface area contributed by atoms with Crippen LogP contribution in [0.25, 0.3) is 10.9 Å². The van der Waals surface area contributed by atoms with Crippen LogP contribution in [0.15, 0.2) is 59.3 Å². The highest BCUT2D eigenvalue weighted by Gasteiger charge is 2.15. The molecule has 2 amide bonds. The maximum atomic E-state index is 12.5. The van der Waals surface area contributed by atoms with E-state index >= 15 is 0 Å². The number of hydrogen-bond acceptors (Lipinski definition) is 5. The molecule has 0 fully saturated rings. The first kappa shape index (κ1) is 20.2. The van der Waals surface area contributed by atoms with Crippen molar-refractivity contribution in [2.45, 2.75) is 20.5 Å². The molecule has 8 heteroatoms. The summed E-state index contributed by atoms with van der Waals surface area (Å²) in [4.78, 5) is 24.9. The SMILES string of the molecule is Cc1noc(C)c1COc1ccc(C(=O)NNC(=O)c2cn(C)c3ccccc23)cc1. The van der Waals surface area contributed by atoms with Gasteiger partial charge in [-0.05, 0) is 44.2 Å². The Labute approximate surface area is 178 Å². The molecular formula is C23H22N4O4. The number of ether oxygens (including phenoxy) is 1. The summed E-state index contributed by atoms with van der Waals surface area (Å²) in [6, 6.07) is 14.2. The molecule has 4 aromatic rings. The maximum Gasteiger partial charge on any atom is 0.271 e. The number of benzene rings is 2. The van der Waals surface area contributed by atoms with Gasteiger partial charge in [-0.25, -0.2) is 0 Å². The summed E-state index contributed by atoms with van der Waals surface area (Å²) in [6.07, 6.45) is 1.73. The zero-order chi connectivity index (χ0) is 22.0. The Balaban J connectivity index is 1.36. The molecule has 0 aliphatic rings. The lowest BCUT2D eigenvalue weighted by Gasteiger charge is -2.09. The number of nitrogens with zero attached hydrogens (tertiary/aromatic N) is 2. The first-order valence-electron chi connectivity index (χ1n) is 9.73. The van der Waals surface area contributed by atoms with Crippen LogP contribution in [0.3, 0.4) is 0 Å². The number of carbonyl (C=O) groups excluding carboxylic acids is 2. The predicted octanol–water partition coefficient (Wildman–Crippen LogP) is 3.44. The highest BCUT2D eigenvalue weighted by atomic mass is 16.5. The van der Waals surface area contributed by atoms with E-state index in [0.29, 0.717) is 23.5 Å². The summed E-state index contributed by atoms with van der Waals surface area (Å²) in [5.74, 6) is 0.516. The number of fused-ring (bicyclic) bond motifs is 1. The lowest BCUT2D eigenvalue weighted by Crippen LogP contribution is -2.41. The Kier molecular flexibility index (Phi) is 5.44. The number of rotatable bonds is 5. The number of hydrazine groups is 1. The van der Waals surface area contributed by atoms with Gasteiger partial charge in [0.2, 0.25) is 0 Å². The van der Waals surface area contributed by atoms with Crippen LogP contribution in [0.5, 0.6) is 5.75 Å². The second-order valence-electron chi connectivity index (χ2n) is 7.19. The highest BCUT2D eigenvalue weighted by molar-refractivity contribution is 6.08. The second kappa shape index (κ2) is 8.35.